The molecule has 2 aromatic carbocycles. The number of esters is 1. The van der Waals surface area contributed by atoms with Crippen LogP contribution in [0.2, 0.25) is 10.0 Å². The summed E-state index contributed by atoms with van der Waals surface area (Å²) in [5.41, 5.74) is 3.99. The first kappa shape index (κ1) is 20.8. The first-order valence-corrected chi connectivity index (χ1v) is 10.4. The quantitative estimate of drug-likeness (QED) is 0.555. The van der Waals surface area contributed by atoms with Gasteiger partial charge in [0.15, 0.2) is 5.78 Å². The third-order valence-electron chi connectivity index (χ3n) is 5.51. The highest BCUT2D eigenvalue weighted by Crippen LogP contribution is 2.46. The van der Waals surface area contributed by atoms with Crippen molar-refractivity contribution < 1.29 is 14.3 Å². The van der Waals surface area contributed by atoms with Gasteiger partial charge in [-0.2, -0.15) is 0 Å². The molecule has 2 aliphatic rings. The molecular formula is C23H22Cl2N2O3. The maximum Gasteiger partial charge on any atom is 0.337 e. The van der Waals surface area contributed by atoms with Crippen LogP contribution in [0.3, 0.4) is 0 Å². The third kappa shape index (κ3) is 3.80. The van der Waals surface area contributed by atoms with Crippen LogP contribution in [0, 0.1) is 5.41 Å². The lowest BCUT2D eigenvalue weighted by molar-refractivity contribution is -0.118. The Morgan fingerprint density at radius 1 is 1.10 bits per heavy atom. The first-order chi connectivity index (χ1) is 14.2. The summed E-state index contributed by atoms with van der Waals surface area (Å²) >= 11 is 12.6. The second-order valence-electron chi connectivity index (χ2n) is 8.45. The van der Waals surface area contributed by atoms with Crippen molar-refractivity contribution in [3.8, 4) is 0 Å². The number of hydrogen-bond acceptors (Lipinski definition) is 5. The van der Waals surface area contributed by atoms with E-state index in [2.05, 4.69) is 24.5 Å². The van der Waals surface area contributed by atoms with E-state index in [-0.39, 0.29) is 11.2 Å². The number of carbonyl (C=O) groups excluding carboxylic acids is 2. The summed E-state index contributed by atoms with van der Waals surface area (Å²) in [6, 6.07) is 10.1. The average Bonchev–Trinajstić information content (AvgIpc) is 2.82. The summed E-state index contributed by atoms with van der Waals surface area (Å²) in [5, 5.41) is 7.89. The maximum atomic E-state index is 13.3. The van der Waals surface area contributed by atoms with E-state index in [0.717, 1.165) is 16.9 Å². The summed E-state index contributed by atoms with van der Waals surface area (Å²) in [4.78, 5) is 25.3. The van der Waals surface area contributed by atoms with Crippen LogP contribution < -0.4 is 10.6 Å². The molecule has 1 aliphatic heterocycles. The molecule has 1 atom stereocenters. The minimum Gasteiger partial charge on any atom is -0.465 e. The van der Waals surface area contributed by atoms with Crippen molar-refractivity contribution >= 4 is 46.3 Å². The van der Waals surface area contributed by atoms with E-state index in [0.29, 0.717) is 39.7 Å². The van der Waals surface area contributed by atoms with E-state index in [1.54, 1.807) is 30.3 Å². The van der Waals surface area contributed by atoms with Gasteiger partial charge >= 0.3 is 5.97 Å². The predicted molar refractivity (Wildman–Crippen MR) is 119 cm³/mol. The van der Waals surface area contributed by atoms with Crippen LogP contribution in [-0.4, -0.2) is 18.9 Å². The monoisotopic (exact) mass is 444 g/mol. The molecular weight excluding hydrogens is 423 g/mol. The number of ether oxygens (including phenoxy) is 1. The molecule has 0 radical (unpaired) electrons. The Bertz CT molecular complexity index is 1090. The number of halogens is 2. The molecule has 0 spiro atoms. The van der Waals surface area contributed by atoms with Gasteiger partial charge in [-0.05, 0) is 47.7 Å². The molecule has 0 saturated carbocycles. The van der Waals surface area contributed by atoms with Crippen molar-refractivity contribution in [3.63, 3.8) is 0 Å². The zero-order valence-corrected chi connectivity index (χ0v) is 18.4. The fourth-order valence-corrected chi connectivity index (χ4v) is 4.68. The highest BCUT2D eigenvalue weighted by Gasteiger charge is 2.39. The van der Waals surface area contributed by atoms with Crippen molar-refractivity contribution in [3.05, 3.63) is 68.8 Å². The van der Waals surface area contributed by atoms with Gasteiger partial charge in [0.05, 0.1) is 30.1 Å². The van der Waals surface area contributed by atoms with Crippen LogP contribution in [0.4, 0.5) is 11.4 Å². The summed E-state index contributed by atoms with van der Waals surface area (Å²) < 4.78 is 4.85. The van der Waals surface area contributed by atoms with E-state index in [1.807, 2.05) is 6.07 Å². The van der Waals surface area contributed by atoms with Crippen LogP contribution >= 0.6 is 23.2 Å². The molecule has 2 aromatic rings. The van der Waals surface area contributed by atoms with Crippen molar-refractivity contribution in [1.29, 1.82) is 0 Å². The van der Waals surface area contributed by atoms with E-state index < -0.39 is 12.0 Å². The molecule has 0 amide bonds. The molecule has 0 bridgehead atoms. The fraction of sp³-hybridized carbons (Fsp3) is 0.304. The largest absolute Gasteiger partial charge is 0.465 e. The van der Waals surface area contributed by atoms with Gasteiger partial charge < -0.3 is 15.4 Å². The molecule has 0 aromatic heterocycles. The molecule has 30 heavy (non-hydrogen) atoms. The fourth-order valence-electron chi connectivity index (χ4n) is 4.16. The molecule has 5 nitrogen and oxygen atoms in total. The molecule has 7 heteroatoms. The van der Waals surface area contributed by atoms with Crippen LogP contribution in [0.5, 0.6) is 0 Å². The summed E-state index contributed by atoms with van der Waals surface area (Å²) in [6.07, 6.45) is 1.14. The van der Waals surface area contributed by atoms with Crippen molar-refractivity contribution in [1.82, 2.24) is 0 Å². The highest BCUT2D eigenvalue weighted by atomic mass is 35.5. The minimum absolute atomic E-state index is 0.0678. The van der Waals surface area contributed by atoms with E-state index >= 15 is 0 Å². The Labute approximate surface area is 185 Å². The Balaban J connectivity index is 1.89. The molecule has 1 heterocycles. The predicted octanol–water partition coefficient (Wildman–Crippen LogP) is 6.00. The van der Waals surface area contributed by atoms with E-state index in [9.17, 15) is 9.59 Å². The molecule has 1 aliphatic carbocycles. The van der Waals surface area contributed by atoms with E-state index in [1.165, 1.54) is 7.11 Å². The molecule has 4 rings (SSSR count). The van der Waals surface area contributed by atoms with E-state index in [4.69, 9.17) is 27.9 Å². The second kappa shape index (κ2) is 7.64. The van der Waals surface area contributed by atoms with Gasteiger partial charge in [0.2, 0.25) is 0 Å². The van der Waals surface area contributed by atoms with Crippen LogP contribution in [0.1, 0.15) is 48.7 Å². The SMILES string of the molecule is COC(=O)c1ccc2c(c1)NC1=C(C(=O)CC(C)(C)C1)C(c1ccc(Cl)cc1Cl)N2. The van der Waals surface area contributed by atoms with Crippen LogP contribution in [-0.2, 0) is 9.53 Å². The number of carbonyl (C=O) groups is 2. The third-order valence-corrected chi connectivity index (χ3v) is 6.07. The normalized spacial score (nSPS) is 19.8. The first-order valence-electron chi connectivity index (χ1n) is 9.65. The number of hydrogen-bond donors (Lipinski definition) is 2. The lowest BCUT2D eigenvalue weighted by atomic mass is 9.73. The van der Waals surface area contributed by atoms with Gasteiger partial charge in [0, 0.05) is 27.7 Å². The van der Waals surface area contributed by atoms with Crippen LogP contribution in [0.25, 0.3) is 0 Å². The molecule has 2 N–H and O–H groups in total. The van der Waals surface area contributed by atoms with Gasteiger partial charge in [-0.25, -0.2) is 4.79 Å². The smallest absolute Gasteiger partial charge is 0.337 e. The van der Waals surface area contributed by atoms with Gasteiger partial charge in [-0.15, -0.1) is 0 Å². The molecule has 0 saturated heterocycles. The molecule has 156 valence electrons. The number of Topliss-reactive ketones (excluding diaryl/α,β-unsaturated/α-hetero) is 1. The molecule has 0 fully saturated rings. The number of nitrogens with one attached hydrogen (secondary N) is 2. The summed E-state index contributed by atoms with van der Waals surface area (Å²) in [6.45, 7) is 4.15. The number of fused-ring (bicyclic) bond motifs is 1. The second-order valence-corrected chi connectivity index (χ2v) is 9.30. The lowest BCUT2D eigenvalue weighted by Gasteiger charge is -2.34. The van der Waals surface area contributed by atoms with Gasteiger partial charge in [0.1, 0.15) is 0 Å². The number of allylic oxidation sites excluding steroid dienone is 1. The summed E-state index contributed by atoms with van der Waals surface area (Å²) in [5.74, 6) is -0.353. The maximum absolute atomic E-state index is 13.3. The number of methoxy groups -OCH3 is 1. The summed E-state index contributed by atoms with van der Waals surface area (Å²) in [7, 11) is 1.35. The van der Waals surface area contributed by atoms with Crippen LogP contribution in [0.15, 0.2) is 47.7 Å². The van der Waals surface area contributed by atoms with Gasteiger partial charge in [-0.3, -0.25) is 4.79 Å². The van der Waals surface area contributed by atoms with Crippen molar-refractivity contribution in [2.75, 3.05) is 17.7 Å². The number of benzene rings is 2. The zero-order valence-electron chi connectivity index (χ0n) is 16.9. The zero-order chi connectivity index (χ0) is 21.6. The van der Waals surface area contributed by atoms with Crippen molar-refractivity contribution in [2.24, 2.45) is 5.41 Å². The number of anilines is 2. The highest BCUT2D eigenvalue weighted by molar-refractivity contribution is 6.35. The molecule has 1 unspecified atom stereocenters. The minimum atomic E-state index is -0.439. The standard InChI is InChI=1S/C23H22Cl2N2O3/c1-23(2)10-18-20(19(28)11-23)21(14-6-5-13(24)9-15(14)25)27-16-7-4-12(22(29)30-3)8-17(16)26-18/h4-9,21,26-27H,10-11H2,1-3H3. The number of ketones is 1. The Morgan fingerprint density at radius 2 is 1.87 bits per heavy atom. The van der Waals surface area contributed by atoms with Gasteiger partial charge in [-0.1, -0.05) is 43.1 Å². The van der Waals surface area contributed by atoms with Crippen molar-refractivity contribution in [2.45, 2.75) is 32.7 Å². The Kier molecular flexibility index (Phi) is 5.28. The number of rotatable bonds is 2. The Morgan fingerprint density at radius 3 is 2.57 bits per heavy atom. The lowest BCUT2D eigenvalue weighted by Crippen LogP contribution is -2.31. The van der Waals surface area contributed by atoms with Gasteiger partial charge in [0.25, 0.3) is 0 Å². The average molecular weight is 445 g/mol. The topological polar surface area (TPSA) is 67.4 Å². The Hall–Kier alpha value is -2.50.